The van der Waals surface area contributed by atoms with E-state index >= 15 is 0 Å². The zero-order valence-electron chi connectivity index (χ0n) is 20.9. The fraction of sp³-hybridized carbons (Fsp3) is 0.481. The van der Waals surface area contributed by atoms with Crippen LogP contribution in [0.1, 0.15) is 49.0 Å². The Morgan fingerprint density at radius 3 is 2.33 bits per heavy atom. The van der Waals surface area contributed by atoms with Crippen molar-refractivity contribution in [1.82, 2.24) is 10.2 Å². The average molecular weight is 534 g/mol. The van der Waals surface area contributed by atoms with Gasteiger partial charge in [-0.15, -0.1) is 0 Å². The normalized spacial score (nSPS) is 20.7. The van der Waals surface area contributed by atoms with E-state index in [9.17, 15) is 9.59 Å². The highest BCUT2D eigenvalue weighted by molar-refractivity contribution is 6.42. The van der Waals surface area contributed by atoms with Gasteiger partial charge in [0.05, 0.1) is 23.3 Å². The third kappa shape index (κ3) is 6.64. The van der Waals surface area contributed by atoms with Crippen molar-refractivity contribution in [2.45, 2.75) is 44.8 Å². The van der Waals surface area contributed by atoms with E-state index in [0.29, 0.717) is 48.3 Å². The van der Waals surface area contributed by atoms with Crippen LogP contribution in [0.3, 0.4) is 0 Å². The van der Waals surface area contributed by atoms with Gasteiger partial charge in [-0.05, 0) is 69.2 Å². The summed E-state index contributed by atoms with van der Waals surface area (Å²) in [6, 6.07) is 12.9. The Kier molecular flexibility index (Phi) is 8.33. The van der Waals surface area contributed by atoms with Crippen LogP contribution >= 0.6 is 23.2 Å². The molecule has 0 aliphatic carbocycles. The van der Waals surface area contributed by atoms with Crippen LogP contribution in [0, 0.1) is 0 Å². The molecule has 36 heavy (non-hydrogen) atoms. The smallest absolute Gasteiger partial charge is 0.410 e. The molecule has 0 aromatic heterocycles. The number of piperidine rings is 1. The predicted octanol–water partition coefficient (Wildman–Crippen LogP) is 5.35. The first-order valence-electron chi connectivity index (χ1n) is 12.3. The summed E-state index contributed by atoms with van der Waals surface area (Å²) in [7, 11) is 0. The lowest BCUT2D eigenvalue weighted by Crippen LogP contribution is -2.52. The number of halogens is 2. The number of carbonyl (C=O) groups excluding carboxylic acids is 2. The quantitative estimate of drug-likeness (QED) is 0.573. The van der Waals surface area contributed by atoms with Crippen molar-refractivity contribution >= 4 is 40.9 Å². The molecular formula is C27H33Cl2N3O4. The summed E-state index contributed by atoms with van der Waals surface area (Å²) in [5.41, 5.74) is 1.99. The number of carbonyl (C=O) groups is 2. The lowest BCUT2D eigenvalue weighted by atomic mass is 9.86. The van der Waals surface area contributed by atoms with Crippen molar-refractivity contribution < 1.29 is 19.1 Å². The van der Waals surface area contributed by atoms with Crippen molar-refractivity contribution in [3.63, 3.8) is 0 Å². The topological polar surface area (TPSA) is 71.1 Å². The number of hydrogen-bond acceptors (Lipinski definition) is 5. The summed E-state index contributed by atoms with van der Waals surface area (Å²) in [4.78, 5) is 29.9. The highest BCUT2D eigenvalue weighted by Gasteiger charge is 2.35. The summed E-state index contributed by atoms with van der Waals surface area (Å²) in [6.07, 6.45) is 0.220. The van der Waals surface area contributed by atoms with Gasteiger partial charge < -0.3 is 24.6 Å². The Morgan fingerprint density at radius 2 is 1.69 bits per heavy atom. The molecule has 7 nitrogen and oxygen atoms in total. The maximum atomic E-state index is 13.2. The van der Waals surface area contributed by atoms with E-state index in [1.807, 2.05) is 57.2 Å². The summed E-state index contributed by atoms with van der Waals surface area (Å²) in [5.74, 6) is -0.318. The Balaban J connectivity index is 1.50. The number of rotatable bonds is 4. The molecule has 9 heteroatoms. The highest BCUT2D eigenvalue weighted by Crippen LogP contribution is 2.33. The van der Waals surface area contributed by atoms with Crippen molar-refractivity contribution in [3.05, 3.63) is 63.6 Å². The van der Waals surface area contributed by atoms with Crippen molar-refractivity contribution in [2.75, 3.05) is 44.3 Å². The summed E-state index contributed by atoms with van der Waals surface area (Å²) in [6.45, 7) is 9.51. The third-order valence-electron chi connectivity index (χ3n) is 6.46. The van der Waals surface area contributed by atoms with Crippen LogP contribution in [0.2, 0.25) is 10.0 Å². The second-order valence-electron chi connectivity index (χ2n) is 10.2. The van der Waals surface area contributed by atoms with E-state index in [4.69, 9.17) is 32.7 Å². The Labute approximate surface area is 222 Å². The van der Waals surface area contributed by atoms with Crippen LogP contribution in [0.4, 0.5) is 10.5 Å². The number of benzene rings is 2. The molecule has 0 spiro atoms. The number of anilines is 1. The number of ether oxygens (including phenoxy) is 2. The summed E-state index contributed by atoms with van der Waals surface area (Å²) in [5, 5.41) is 4.09. The minimum absolute atomic E-state index is 0.149. The lowest BCUT2D eigenvalue weighted by Gasteiger charge is -2.39. The Bertz CT molecular complexity index is 1080. The largest absolute Gasteiger partial charge is 0.444 e. The zero-order valence-corrected chi connectivity index (χ0v) is 22.4. The van der Waals surface area contributed by atoms with E-state index < -0.39 is 5.60 Å². The SMILES string of the molecule is CC(C)(C)OC(=O)N1CC[C@@H](NC(=O)c2ccc(N3CCOCC3)cc2)[C@H](c2ccc(Cl)c(Cl)c2)C1. The molecule has 4 rings (SSSR count). The van der Waals surface area contributed by atoms with Crippen LogP contribution in [-0.2, 0) is 9.47 Å². The van der Waals surface area contributed by atoms with Gasteiger partial charge in [0.2, 0.25) is 0 Å². The minimum atomic E-state index is -0.589. The maximum absolute atomic E-state index is 13.2. The summed E-state index contributed by atoms with van der Waals surface area (Å²) >= 11 is 12.5. The van der Waals surface area contributed by atoms with Gasteiger partial charge >= 0.3 is 6.09 Å². The first kappa shape index (κ1) is 26.6. The number of amides is 2. The van der Waals surface area contributed by atoms with Crippen LogP contribution in [0.25, 0.3) is 0 Å². The highest BCUT2D eigenvalue weighted by atomic mass is 35.5. The van der Waals surface area contributed by atoms with Gasteiger partial charge in [-0.25, -0.2) is 4.79 Å². The van der Waals surface area contributed by atoms with Gasteiger partial charge in [-0.1, -0.05) is 29.3 Å². The first-order chi connectivity index (χ1) is 17.1. The standard InChI is InChI=1S/C27H33Cl2N3O4/c1-27(2,3)36-26(34)32-11-10-24(21(17-32)19-6-9-22(28)23(29)16-19)30-25(33)18-4-7-20(8-5-18)31-12-14-35-15-13-31/h4-9,16,21,24H,10-15,17H2,1-3H3,(H,30,33)/t21-,24+/m0/s1. The van der Waals surface area contributed by atoms with E-state index in [-0.39, 0.29) is 24.0 Å². The number of nitrogens with one attached hydrogen (secondary N) is 1. The molecule has 2 saturated heterocycles. The molecule has 2 aromatic rings. The van der Waals surface area contributed by atoms with Crippen molar-refractivity contribution in [1.29, 1.82) is 0 Å². The van der Waals surface area contributed by atoms with E-state index in [1.165, 1.54) is 0 Å². The van der Waals surface area contributed by atoms with Gasteiger partial charge in [0.15, 0.2) is 0 Å². The number of likely N-dealkylation sites (tertiary alicyclic amines) is 1. The number of morpholine rings is 1. The number of hydrogen-bond donors (Lipinski definition) is 1. The molecule has 2 atom stereocenters. The Hall–Kier alpha value is -2.48. The molecular weight excluding hydrogens is 501 g/mol. The van der Waals surface area contributed by atoms with Gasteiger partial charge in [-0.3, -0.25) is 4.79 Å². The predicted molar refractivity (Wildman–Crippen MR) is 142 cm³/mol. The van der Waals surface area contributed by atoms with Crippen LogP contribution in [0.15, 0.2) is 42.5 Å². The molecule has 2 aromatic carbocycles. The molecule has 2 aliphatic rings. The first-order valence-corrected chi connectivity index (χ1v) is 13.0. The lowest BCUT2D eigenvalue weighted by molar-refractivity contribution is 0.0177. The molecule has 2 fully saturated rings. The second-order valence-corrected chi connectivity index (χ2v) is 11.0. The molecule has 2 amide bonds. The molecule has 2 aliphatic heterocycles. The molecule has 0 radical (unpaired) electrons. The number of nitrogens with zero attached hydrogens (tertiary/aromatic N) is 2. The van der Waals surface area contributed by atoms with Gasteiger partial charge in [0.25, 0.3) is 5.91 Å². The fourth-order valence-corrected chi connectivity index (χ4v) is 4.90. The average Bonchev–Trinajstić information content (AvgIpc) is 2.85. The molecule has 1 N–H and O–H groups in total. The van der Waals surface area contributed by atoms with E-state index in [0.717, 1.165) is 24.3 Å². The van der Waals surface area contributed by atoms with Crippen LogP contribution in [-0.4, -0.2) is 67.9 Å². The van der Waals surface area contributed by atoms with Crippen LogP contribution < -0.4 is 10.2 Å². The molecule has 0 unspecified atom stereocenters. The van der Waals surface area contributed by atoms with Crippen LogP contribution in [0.5, 0.6) is 0 Å². The maximum Gasteiger partial charge on any atom is 0.410 e. The fourth-order valence-electron chi connectivity index (χ4n) is 4.59. The van der Waals surface area contributed by atoms with E-state index in [2.05, 4.69) is 10.2 Å². The summed E-state index contributed by atoms with van der Waals surface area (Å²) < 4.78 is 11.0. The van der Waals surface area contributed by atoms with Gasteiger partial charge in [0, 0.05) is 49.4 Å². The zero-order chi connectivity index (χ0) is 25.9. The third-order valence-corrected chi connectivity index (χ3v) is 7.20. The van der Waals surface area contributed by atoms with Gasteiger partial charge in [0.1, 0.15) is 5.60 Å². The molecule has 0 bridgehead atoms. The second kappa shape index (κ2) is 11.3. The monoisotopic (exact) mass is 533 g/mol. The van der Waals surface area contributed by atoms with Gasteiger partial charge in [-0.2, -0.15) is 0 Å². The molecule has 194 valence electrons. The van der Waals surface area contributed by atoms with Crippen molar-refractivity contribution in [2.24, 2.45) is 0 Å². The molecule has 0 saturated carbocycles. The van der Waals surface area contributed by atoms with E-state index in [1.54, 1.807) is 11.0 Å². The van der Waals surface area contributed by atoms with Crippen molar-refractivity contribution in [3.8, 4) is 0 Å². The molecule has 2 heterocycles. The Morgan fingerprint density at radius 1 is 1.00 bits per heavy atom. The minimum Gasteiger partial charge on any atom is -0.444 e.